The van der Waals surface area contributed by atoms with E-state index in [9.17, 15) is 0 Å². The van der Waals surface area contributed by atoms with Gasteiger partial charge in [0, 0.05) is 0 Å². The number of hydrogen-bond donors (Lipinski definition) is 4. The molecule has 0 radical (unpaired) electrons. The third kappa shape index (κ3) is 1090. The van der Waals surface area contributed by atoms with E-state index in [0.29, 0.717) is 0 Å². The summed E-state index contributed by atoms with van der Waals surface area (Å²) < 4.78 is 0. The SMILES string of the molecule is CSC.O=C(O)O.OO. The Bertz CT molecular complexity index is 43.5. The first-order chi connectivity index (χ1) is 4.15. The van der Waals surface area contributed by atoms with E-state index in [4.69, 9.17) is 25.5 Å². The molecule has 0 bridgehead atoms. The molecule has 0 aromatic heterocycles. The Morgan fingerprint density at radius 1 is 1.22 bits per heavy atom. The maximum atomic E-state index is 8.56. The first kappa shape index (κ1) is 15.8. The quantitative estimate of drug-likeness (QED) is 0.312. The molecule has 0 saturated heterocycles. The van der Waals surface area contributed by atoms with Crippen LogP contribution in [-0.4, -0.2) is 39.4 Å². The summed E-state index contributed by atoms with van der Waals surface area (Å²) in [6, 6.07) is 0. The van der Waals surface area contributed by atoms with Gasteiger partial charge in [-0.2, -0.15) is 11.8 Å². The monoisotopic (exact) mass is 158 g/mol. The Morgan fingerprint density at radius 2 is 1.22 bits per heavy atom. The Balaban J connectivity index is -0.0000000646. The molecule has 0 saturated carbocycles. The zero-order chi connectivity index (χ0) is 8.28. The van der Waals surface area contributed by atoms with Gasteiger partial charge in [0.2, 0.25) is 0 Å². The normalized spacial score (nSPS) is 5.33. The van der Waals surface area contributed by atoms with Crippen molar-refractivity contribution in [2.45, 2.75) is 0 Å². The summed E-state index contributed by atoms with van der Waals surface area (Å²) in [6.45, 7) is 0. The number of carboxylic acid groups (broad SMARTS) is 2. The summed E-state index contributed by atoms with van der Waals surface area (Å²) in [5.74, 6) is 0. The second-order valence-corrected chi connectivity index (χ2v) is 1.51. The highest BCUT2D eigenvalue weighted by Crippen LogP contribution is 1.70. The van der Waals surface area contributed by atoms with Crippen molar-refractivity contribution in [2.75, 3.05) is 12.5 Å². The lowest BCUT2D eigenvalue weighted by Crippen LogP contribution is -1.81. The van der Waals surface area contributed by atoms with Crippen LogP contribution in [0.2, 0.25) is 0 Å². The van der Waals surface area contributed by atoms with Crippen LogP contribution in [0, 0.1) is 0 Å². The molecule has 0 aliphatic rings. The summed E-state index contributed by atoms with van der Waals surface area (Å²) >= 11 is 1.75. The average molecular weight is 158 g/mol. The van der Waals surface area contributed by atoms with E-state index >= 15 is 0 Å². The zero-order valence-corrected chi connectivity index (χ0v) is 5.92. The van der Waals surface area contributed by atoms with Crippen LogP contribution in [0.15, 0.2) is 0 Å². The minimum Gasteiger partial charge on any atom is -0.450 e. The molecule has 5 nitrogen and oxygen atoms in total. The Morgan fingerprint density at radius 3 is 1.22 bits per heavy atom. The molecular weight excluding hydrogens is 148 g/mol. The first-order valence-electron chi connectivity index (χ1n) is 1.67. The fourth-order valence-electron chi connectivity index (χ4n) is 0. The van der Waals surface area contributed by atoms with Crippen molar-refractivity contribution in [3.8, 4) is 0 Å². The molecule has 0 unspecified atom stereocenters. The van der Waals surface area contributed by atoms with Crippen molar-refractivity contribution in [3.05, 3.63) is 0 Å². The van der Waals surface area contributed by atoms with Gasteiger partial charge in [0.05, 0.1) is 0 Å². The van der Waals surface area contributed by atoms with Crippen LogP contribution in [-0.2, 0) is 0 Å². The molecule has 0 spiro atoms. The molecule has 0 aromatic carbocycles. The minimum atomic E-state index is -1.83. The molecule has 0 aromatic rings. The van der Waals surface area contributed by atoms with E-state index in [1.54, 1.807) is 11.8 Å². The summed E-state index contributed by atoms with van der Waals surface area (Å²) in [7, 11) is 0. The lowest BCUT2D eigenvalue weighted by molar-refractivity contribution is -0.176. The van der Waals surface area contributed by atoms with E-state index in [2.05, 4.69) is 0 Å². The van der Waals surface area contributed by atoms with E-state index in [1.165, 1.54) is 0 Å². The maximum absolute atomic E-state index is 8.56. The molecule has 0 aliphatic carbocycles. The van der Waals surface area contributed by atoms with Gasteiger partial charge in [-0.1, -0.05) is 0 Å². The Kier molecular flexibility index (Phi) is 45.2. The third-order valence-electron chi connectivity index (χ3n) is 0. The van der Waals surface area contributed by atoms with Crippen molar-refractivity contribution in [2.24, 2.45) is 0 Å². The smallest absolute Gasteiger partial charge is 0.450 e. The summed E-state index contributed by atoms with van der Waals surface area (Å²) in [5, 5.41) is 25.9. The molecule has 0 rings (SSSR count). The highest BCUT2D eigenvalue weighted by Gasteiger charge is 1.70. The molecule has 4 N–H and O–H groups in total. The molecule has 9 heavy (non-hydrogen) atoms. The first-order valence-corrected chi connectivity index (χ1v) is 3.30. The van der Waals surface area contributed by atoms with Gasteiger partial charge >= 0.3 is 6.16 Å². The van der Waals surface area contributed by atoms with Gasteiger partial charge < -0.3 is 10.2 Å². The predicted molar refractivity (Wildman–Crippen MR) is 35.4 cm³/mol. The van der Waals surface area contributed by atoms with Gasteiger partial charge in [-0.3, -0.25) is 10.5 Å². The van der Waals surface area contributed by atoms with Gasteiger partial charge in [0.15, 0.2) is 0 Å². The lowest BCUT2D eigenvalue weighted by atomic mass is 11.5. The van der Waals surface area contributed by atoms with Crippen molar-refractivity contribution in [1.29, 1.82) is 0 Å². The highest BCUT2D eigenvalue weighted by atomic mass is 32.2. The largest absolute Gasteiger partial charge is 0.503 e. The molecule has 0 heterocycles. The van der Waals surface area contributed by atoms with E-state index < -0.39 is 6.16 Å². The summed E-state index contributed by atoms with van der Waals surface area (Å²) in [6.07, 6.45) is 2.25. The van der Waals surface area contributed by atoms with Gasteiger partial charge in [-0.25, -0.2) is 4.79 Å². The number of thioether (sulfide) groups is 1. The second-order valence-electron chi connectivity index (χ2n) is 0.691. The van der Waals surface area contributed by atoms with Crippen LogP contribution < -0.4 is 0 Å². The molecule has 0 amide bonds. The number of carbonyl (C=O) groups is 1. The van der Waals surface area contributed by atoms with Crippen LogP contribution in [0.25, 0.3) is 0 Å². The standard InChI is InChI=1S/C2H6S.CH2O3.H2O2/c1-3-2;2-1(3)4;1-2/h1-2H3;(H2,2,3,4);1-2H. The fraction of sp³-hybridized carbons (Fsp3) is 0.667. The van der Waals surface area contributed by atoms with Crippen LogP contribution in [0.5, 0.6) is 0 Å². The molecule has 0 atom stereocenters. The summed E-state index contributed by atoms with van der Waals surface area (Å²) in [5.41, 5.74) is 0. The zero-order valence-electron chi connectivity index (χ0n) is 5.11. The van der Waals surface area contributed by atoms with Gasteiger partial charge in [0.1, 0.15) is 0 Å². The van der Waals surface area contributed by atoms with Gasteiger partial charge in [-0.05, 0) is 12.5 Å². The predicted octanol–water partition coefficient (Wildman–Crippen LogP) is 1.22. The topological polar surface area (TPSA) is 98.0 Å². The molecule has 58 valence electrons. The molecule has 0 fully saturated rings. The Hall–Kier alpha value is -0.460. The van der Waals surface area contributed by atoms with Crippen LogP contribution in [0.4, 0.5) is 4.79 Å². The average Bonchev–Trinajstić information content (AvgIpc) is 1.71. The molecular formula is C3H10O5S. The van der Waals surface area contributed by atoms with Gasteiger partial charge in [0.25, 0.3) is 0 Å². The molecule has 6 heteroatoms. The minimum absolute atomic E-state index is 1.75. The van der Waals surface area contributed by atoms with Crippen molar-refractivity contribution >= 4 is 17.9 Å². The van der Waals surface area contributed by atoms with E-state index in [-0.39, 0.29) is 0 Å². The van der Waals surface area contributed by atoms with E-state index in [0.717, 1.165) is 0 Å². The molecule has 0 aliphatic heterocycles. The summed E-state index contributed by atoms with van der Waals surface area (Å²) in [4.78, 5) is 8.56. The van der Waals surface area contributed by atoms with Crippen LogP contribution >= 0.6 is 11.8 Å². The second kappa shape index (κ2) is 25.7. The third-order valence-corrected chi connectivity index (χ3v) is 0. The maximum Gasteiger partial charge on any atom is 0.503 e. The van der Waals surface area contributed by atoms with Crippen LogP contribution in [0.3, 0.4) is 0 Å². The number of rotatable bonds is 0. The lowest BCUT2D eigenvalue weighted by Gasteiger charge is -1.60. The van der Waals surface area contributed by atoms with E-state index in [1.807, 2.05) is 12.5 Å². The van der Waals surface area contributed by atoms with Gasteiger partial charge in [-0.15, -0.1) is 0 Å². The van der Waals surface area contributed by atoms with Crippen molar-refractivity contribution < 1.29 is 25.5 Å². The Labute approximate surface area is 56.9 Å². The van der Waals surface area contributed by atoms with Crippen LogP contribution in [0.1, 0.15) is 0 Å². The van der Waals surface area contributed by atoms with Crippen molar-refractivity contribution in [3.63, 3.8) is 0 Å². The fourth-order valence-corrected chi connectivity index (χ4v) is 0. The number of hydrogen-bond acceptors (Lipinski definition) is 4. The van der Waals surface area contributed by atoms with Crippen molar-refractivity contribution in [1.82, 2.24) is 0 Å². The highest BCUT2D eigenvalue weighted by molar-refractivity contribution is 7.97.